The molecule has 0 saturated heterocycles. The van der Waals surface area contributed by atoms with Crippen LogP contribution in [0.2, 0.25) is 5.02 Å². The number of fused-ring (bicyclic) bond motifs is 1. The summed E-state index contributed by atoms with van der Waals surface area (Å²) in [5, 5.41) is 0.661. The normalized spacial score (nSPS) is 19.8. The molecule has 1 aliphatic carbocycles. The van der Waals surface area contributed by atoms with E-state index in [1.807, 2.05) is 25.1 Å². The molecule has 0 amide bonds. The molecule has 2 nitrogen and oxygen atoms in total. The number of rotatable bonds is 2. The summed E-state index contributed by atoms with van der Waals surface area (Å²) in [6.07, 6.45) is 3.63. The Bertz CT molecular complexity index is 597. The van der Waals surface area contributed by atoms with Crippen molar-refractivity contribution in [2.75, 3.05) is 0 Å². The van der Waals surface area contributed by atoms with Gasteiger partial charge in [0.15, 0.2) is 0 Å². The SMILES string of the molecule is CC(Cl)c1nc2ccc(Cl)cc2n1C1(C)CCC1. The zero-order chi connectivity index (χ0) is 12.9. The van der Waals surface area contributed by atoms with Crippen LogP contribution >= 0.6 is 23.2 Å². The van der Waals surface area contributed by atoms with Crippen LogP contribution in [0.3, 0.4) is 0 Å². The van der Waals surface area contributed by atoms with Crippen molar-refractivity contribution in [2.45, 2.75) is 44.0 Å². The molecule has 0 radical (unpaired) electrons. The van der Waals surface area contributed by atoms with E-state index in [9.17, 15) is 0 Å². The number of alkyl halides is 1. The first-order valence-corrected chi connectivity index (χ1v) is 7.15. The Hall–Kier alpha value is -0.730. The molecule has 3 rings (SSSR count). The fourth-order valence-electron chi connectivity index (χ4n) is 2.81. The van der Waals surface area contributed by atoms with E-state index >= 15 is 0 Å². The maximum atomic E-state index is 6.29. The standard InChI is InChI=1S/C14H16Cl2N2/c1-9(15)13-17-11-5-4-10(16)8-12(11)18(13)14(2)6-3-7-14/h4-5,8-9H,3,6-7H2,1-2H3. The van der Waals surface area contributed by atoms with Gasteiger partial charge >= 0.3 is 0 Å². The number of aromatic nitrogens is 2. The molecule has 0 bridgehead atoms. The molecule has 0 aliphatic heterocycles. The molecule has 1 unspecified atom stereocenters. The predicted octanol–water partition coefficient (Wildman–Crippen LogP) is 4.89. The van der Waals surface area contributed by atoms with Crippen LogP contribution in [0.1, 0.15) is 44.3 Å². The van der Waals surface area contributed by atoms with Gasteiger partial charge in [0.1, 0.15) is 5.82 Å². The van der Waals surface area contributed by atoms with E-state index in [0.717, 1.165) is 21.9 Å². The maximum Gasteiger partial charge on any atom is 0.128 e. The number of benzene rings is 1. The first-order chi connectivity index (χ1) is 8.51. The second kappa shape index (κ2) is 4.14. The van der Waals surface area contributed by atoms with Crippen LogP contribution in [0, 0.1) is 0 Å². The number of nitrogens with zero attached hydrogens (tertiary/aromatic N) is 2. The Balaban J connectivity index is 2.30. The van der Waals surface area contributed by atoms with Crippen LogP contribution < -0.4 is 0 Å². The van der Waals surface area contributed by atoms with Crippen molar-refractivity contribution in [1.82, 2.24) is 9.55 Å². The van der Waals surface area contributed by atoms with Crippen LogP contribution in [0.5, 0.6) is 0 Å². The average Bonchev–Trinajstić information content (AvgIpc) is 2.65. The fraction of sp³-hybridized carbons (Fsp3) is 0.500. The first-order valence-electron chi connectivity index (χ1n) is 6.34. The van der Waals surface area contributed by atoms with Gasteiger partial charge in [-0.3, -0.25) is 0 Å². The van der Waals surface area contributed by atoms with E-state index in [-0.39, 0.29) is 10.9 Å². The number of hydrogen-bond acceptors (Lipinski definition) is 1. The minimum Gasteiger partial charge on any atom is -0.321 e. The van der Waals surface area contributed by atoms with Gasteiger partial charge in [0.2, 0.25) is 0 Å². The lowest BCUT2D eigenvalue weighted by Gasteiger charge is -2.41. The average molecular weight is 283 g/mol. The topological polar surface area (TPSA) is 17.8 Å². The van der Waals surface area contributed by atoms with Crippen molar-refractivity contribution in [2.24, 2.45) is 0 Å². The van der Waals surface area contributed by atoms with Gasteiger partial charge in [0.05, 0.1) is 16.4 Å². The van der Waals surface area contributed by atoms with Crippen LogP contribution in [0.15, 0.2) is 18.2 Å². The molecular weight excluding hydrogens is 267 g/mol. The fourth-order valence-corrected chi connectivity index (χ4v) is 3.13. The Morgan fingerprint density at radius 2 is 2.11 bits per heavy atom. The van der Waals surface area contributed by atoms with E-state index in [0.29, 0.717) is 0 Å². The summed E-state index contributed by atoms with van der Waals surface area (Å²) in [6, 6.07) is 5.85. The zero-order valence-corrected chi connectivity index (χ0v) is 12.1. The van der Waals surface area contributed by atoms with Crippen molar-refractivity contribution in [1.29, 1.82) is 0 Å². The molecular formula is C14H16Cl2N2. The molecule has 1 fully saturated rings. The molecule has 18 heavy (non-hydrogen) atoms. The molecule has 4 heteroatoms. The van der Waals surface area contributed by atoms with Gasteiger partial charge in [0.25, 0.3) is 0 Å². The van der Waals surface area contributed by atoms with E-state index in [2.05, 4.69) is 16.5 Å². The minimum absolute atomic E-state index is 0.0893. The molecule has 0 N–H and O–H groups in total. The highest BCUT2D eigenvalue weighted by Gasteiger charge is 2.37. The second-order valence-electron chi connectivity index (χ2n) is 5.40. The van der Waals surface area contributed by atoms with Gasteiger partial charge in [-0.05, 0) is 51.3 Å². The highest BCUT2D eigenvalue weighted by atomic mass is 35.5. The second-order valence-corrected chi connectivity index (χ2v) is 6.50. The third-order valence-electron chi connectivity index (χ3n) is 3.97. The number of imidazole rings is 1. The van der Waals surface area contributed by atoms with Gasteiger partial charge < -0.3 is 4.57 Å². The van der Waals surface area contributed by atoms with Crippen LogP contribution in [0.4, 0.5) is 0 Å². The molecule has 96 valence electrons. The maximum absolute atomic E-state index is 6.29. The molecule has 2 aromatic rings. The van der Waals surface area contributed by atoms with Crippen molar-refractivity contribution in [3.63, 3.8) is 0 Å². The highest BCUT2D eigenvalue weighted by Crippen LogP contribution is 2.43. The van der Waals surface area contributed by atoms with Crippen LogP contribution in [0.25, 0.3) is 11.0 Å². The Kier molecular flexibility index (Phi) is 2.83. The first kappa shape index (κ1) is 12.3. The number of halogens is 2. The van der Waals surface area contributed by atoms with Gasteiger partial charge in [-0.2, -0.15) is 0 Å². The summed E-state index contributed by atoms with van der Waals surface area (Å²) in [6.45, 7) is 4.25. The Morgan fingerprint density at radius 3 is 2.67 bits per heavy atom. The van der Waals surface area contributed by atoms with Crippen molar-refractivity contribution >= 4 is 34.2 Å². The summed E-state index contributed by atoms with van der Waals surface area (Å²) < 4.78 is 2.30. The van der Waals surface area contributed by atoms with Crippen LogP contribution in [-0.4, -0.2) is 9.55 Å². The lowest BCUT2D eigenvalue weighted by Crippen LogP contribution is -2.38. The van der Waals surface area contributed by atoms with Crippen LogP contribution in [-0.2, 0) is 5.54 Å². The summed E-state index contributed by atoms with van der Waals surface area (Å²) >= 11 is 12.4. The highest BCUT2D eigenvalue weighted by molar-refractivity contribution is 6.31. The zero-order valence-electron chi connectivity index (χ0n) is 10.6. The summed E-state index contributed by atoms with van der Waals surface area (Å²) in [5.41, 5.74) is 2.24. The van der Waals surface area contributed by atoms with Gasteiger partial charge in [-0.1, -0.05) is 11.6 Å². The Labute approximate surface area is 117 Å². The lowest BCUT2D eigenvalue weighted by molar-refractivity contribution is 0.169. The predicted molar refractivity (Wildman–Crippen MR) is 76.5 cm³/mol. The molecule has 1 aliphatic rings. The third kappa shape index (κ3) is 1.74. The monoisotopic (exact) mass is 282 g/mol. The van der Waals surface area contributed by atoms with Crippen molar-refractivity contribution in [3.05, 3.63) is 29.0 Å². The molecule has 1 saturated carbocycles. The summed E-state index contributed by atoms with van der Waals surface area (Å²) in [5.74, 6) is 0.955. The third-order valence-corrected chi connectivity index (χ3v) is 4.40. The molecule has 0 spiro atoms. The van der Waals surface area contributed by atoms with Crippen molar-refractivity contribution < 1.29 is 0 Å². The smallest absolute Gasteiger partial charge is 0.128 e. The van der Waals surface area contributed by atoms with E-state index < -0.39 is 0 Å². The lowest BCUT2D eigenvalue weighted by atomic mass is 9.78. The summed E-state index contributed by atoms with van der Waals surface area (Å²) in [4.78, 5) is 4.67. The Morgan fingerprint density at radius 1 is 1.39 bits per heavy atom. The largest absolute Gasteiger partial charge is 0.321 e. The van der Waals surface area contributed by atoms with Crippen molar-refractivity contribution in [3.8, 4) is 0 Å². The molecule has 1 heterocycles. The minimum atomic E-state index is -0.0893. The number of hydrogen-bond donors (Lipinski definition) is 0. The van der Waals surface area contributed by atoms with E-state index in [1.54, 1.807) is 0 Å². The summed E-state index contributed by atoms with van der Waals surface area (Å²) in [7, 11) is 0. The van der Waals surface area contributed by atoms with Gasteiger partial charge in [0, 0.05) is 10.6 Å². The molecule has 1 aromatic heterocycles. The van der Waals surface area contributed by atoms with Gasteiger partial charge in [-0.15, -0.1) is 11.6 Å². The van der Waals surface area contributed by atoms with Gasteiger partial charge in [-0.25, -0.2) is 4.98 Å². The molecule has 1 aromatic carbocycles. The van der Waals surface area contributed by atoms with E-state index in [1.165, 1.54) is 19.3 Å². The molecule has 1 atom stereocenters. The quantitative estimate of drug-likeness (QED) is 0.717. The van der Waals surface area contributed by atoms with E-state index in [4.69, 9.17) is 23.2 Å².